The largest absolute Gasteiger partial charge is 0.350 e. The molecule has 0 saturated carbocycles. The van der Waals surface area contributed by atoms with E-state index in [1.807, 2.05) is 17.8 Å². The van der Waals surface area contributed by atoms with Crippen molar-refractivity contribution in [3.63, 3.8) is 0 Å². The molecular weight excluding hydrogens is 166 g/mol. The second kappa shape index (κ2) is 3.30. The lowest BCUT2D eigenvalue weighted by Gasteiger charge is -2.03. The molecule has 0 aromatic carbocycles. The molecule has 5 nitrogen and oxygen atoms in total. The molecule has 5 heteroatoms. The van der Waals surface area contributed by atoms with E-state index in [2.05, 4.69) is 20.3 Å². The van der Waals surface area contributed by atoms with Gasteiger partial charge in [0.25, 0.3) is 0 Å². The summed E-state index contributed by atoms with van der Waals surface area (Å²) in [6, 6.07) is 0. The summed E-state index contributed by atoms with van der Waals surface area (Å²) in [5.74, 6) is 0.856. The van der Waals surface area contributed by atoms with Crippen molar-refractivity contribution in [2.45, 2.75) is 6.54 Å². The summed E-state index contributed by atoms with van der Waals surface area (Å²) in [6.45, 7) is 0.713. The fourth-order valence-electron chi connectivity index (χ4n) is 1.09. The molecule has 2 aromatic heterocycles. The normalized spacial score (nSPS) is 10.2. The number of hydrogen-bond donors (Lipinski definition) is 2. The van der Waals surface area contributed by atoms with Crippen LogP contribution in [0.25, 0.3) is 0 Å². The van der Waals surface area contributed by atoms with Crippen molar-refractivity contribution in [2.75, 3.05) is 5.32 Å². The zero-order valence-electron chi connectivity index (χ0n) is 7.36. The van der Waals surface area contributed by atoms with Gasteiger partial charge in [-0.2, -0.15) is 0 Å². The molecule has 0 spiro atoms. The van der Waals surface area contributed by atoms with Gasteiger partial charge in [0, 0.05) is 25.6 Å². The number of aryl methyl sites for hydroxylation is 1. The number of aromatic amines is 1. The van der Waals surface area contributed by atoms with Crippen molar-refractivity contribution in [3.05, 3.63) is 30.6 Å². The van der Waals surface area contributed by atoms with E-state index in [1.54, 1.807) is 18.7 Å². The number of imidazole rings is 2. The van der Waals surface area contributed by atoms with E-state index in [9.17, 15) is 0 Å². The van der Waals surface area contributed by atoms with Crippen molar-refractivity contribution < 1.29 is 0 Å². The summed E-state index contributed by atoms with van der Waals surface area (Å²) >= 11 is 0. The predicted octanol–water partition coefficient (Wildman–Crippen LogP) is 0.755. The predicted molar refractivity (Wildman–Crippen MR) is 49.1 cm³/mol. The van der Waals surface area contributed by atoms with Crippen molar-refractivity contribution in [1.82, 2.24) is 19.5 Å². The topological polar surface area (TPSA) is 58.5 Å². The third-order valence-corrected chi connectivity index (χ3v) is 1.81. The SMILES string of the molecule is Cn1ccnc1NCc1cnc[nH]1. The molecule has 0 aliphatic heterocycles. The lowest BCUT2D eigenvalue weighted by Crippen LogP contribution is -2.04. The molecule has 0 bridgehead atoms. The van der Waals surface area contributed by atoms with E-state index in [1.165, 1.54) is 0 Å². The highest BCUT2D eigenvalue weighted by Crippen LogP contribution is 2.02. The zero-order valence-corrected chi connectivity index (χ0v) is 7.36. The number of anilines is 1. The fraction of sp³-hybridized carbons (Fsp3) is 0.250. The van der Waals surface area contributed by atoms with Gasteiger partial charge in [0.1, 0.15) is 0 Å². The first-order valence-electron chi connectivity index (χ1n) is 4.05. The van der Waals surface area contributed by atoms with Gasteiger partial charge in [0.15, 0.2) is 0 Å². The monoisotopic (exact) mass is 177 g/mol. The van der Waals surface area contributed by atoms with Crippen LogP contribution in [0.15, 0.2) is 24.9 Å². The third kappa shape index (κ3) is 1.69. The van der Waals surface area contributed by atoms with E-state index in [-0.39, 0.29) is 0 Å². The molecule has 13 heavy (non-hydrogen) atoms. The van der Waals surface area contributed by atoms with Crippen LogP contribution >= 0.6 is 0 Å². The molecule has 2 heterocycles. The van der Waals surface area contributed by atoms with Crippen LogP contribution < -0.4 is 5.32 Å². The van der Waals surface area contributed by atoms with E-state index >= 15 is 0 Å². The second-order valence-corrected chi connectivity index (χ2v) is 2.79. The Labute approximate surface area is 75.8 Å². The molecule has 0 atom stereocenters. The molecule has 2 rings (SSSR count). The first-order valence-corrected chi connectivity index (χ1v) is 4.05. The molecule has 2 N–H and O–H groups in total. The number of aromatic nitrogens is 4. The number of nitrogens with one attached hydrogen (secondary N) is 2. The number of nitrogens with zero attached hydrogens (tertiary/aromatic N) is 3. The zero-order chi connectivity index (χ0) is 9.10. The Hall–Kier alpha value is -1.78. The lowest BCUT2D eigenvalue weighted by atomic mass is 10.5. The van der Waals surface area contributed by atoms with Gasteiger partial charge in [0.2, 0.25) is 5.95 Å². The van der Waals surface area contributed by atoms with Gasteiger partial charge < -0.3 is 14.9 Å². The van der Waals surface area contributed by atoms with Gasteiger partial charge in [0.05, 0.1) is 18.6 Å². The van der Waals surface area contributed by atoms with Gasteiger partial charge in [-0.25, -0.2) is 9.97 Å². The van der Waals surface area contributed by atoms with Crippen LogP contribution in [0.1, 0.15) is 5.69 Å². The molecule has 0 fully saturated rings. The molecule has 0 amide bonds. The van der Waals surface area contributed by atoms with Crippen molar-refractivity contribution in [1.29, 1.82) is 0 Å². The minimum atomic E-state index is 0.713. The molecule has 68 valence electrons. The van der Waals surface area contributed by atoms with E-state index in [4.69, 9.17) is 0 Å². The summed E-state index contributed by atoms with van der Waals surface area (Å²) < 4.78 is 1.93. The van der Waals surface area contributed by atoms with E-state index in [0.29, 0.717) is 6.54 Å². The van der Waals surface area contributed by atoms with Crippen LogP contribution in [0, 0.1) is 0 Å². The maximum absolute atomic E-state index is 4.13. The van der Waals surface area contributed by atoms with Gasteiger partial charge in [-0.3, -0.25) is 0 Å². The Morgan fingerprint density at radius 2 is 2.54 bits per heavy atom. The van der Waals surface area contributed by atoms with Crippen molar-refractivity contribution >= 4 is 5.95 Å². The highest BCUT2D eigenvalue weighted by molar-refractivity contribution is 5.26. The van der Waals surface area contributed by atoms with Gasteiger partial charge in [-0.05, 0) is 0 Å². The third-order valence-electron chi connectivity index (χ3n) is 1.81. The van der Waals surface area contributed by atoms with Crippen LogP contribution in [0.3, 0.4) is 0 Å². The standard InChI is InChI=1S/C8H11N5/c1-13-3-2-10-8(13)11-5-7-4-9-6-12-7/h2-4,6H,5H2,1H3,(H,9,12)(H,10,11). The van der Waals surface area contributed by atoms with Crippen molar-refractivity contribution in [3.8, 4) is 0 Å². The first-order chi connectivity index (χ1) is 6.36. The molecule has 0 saturated heterocycles. The van der Waals surface area contributed by atoms with Crippen LogP contribution in [-0.2, 0) is 13.6 Å². The van der Waals surface area contributed by atoms with Gasteiger partial charge >= 0.3 is 0 Å². The Bertz CT molecular complexity index is 362. The molecular formula is C8H11N5. The van der Waals surface area contributed by atoms with Crippen LogP contribution in [-0.4, -0.2) is 19.5 Å². The van der Waals surface area contributed by atoms with Crippen molar-refractivity contribution in [2.24, 2.45) is 7.05 Å². The summed E-state index contributed by atoms with van der Waals surface area (Å²) in [5.41, 5.74) is 1.04. The number of hydrogen-bond acceptors (Lipinski definition) is 3. The quantitative estimate of drug-likeness (QED) is 0.727. The Morgan fingerprint density at radius 1 is 1.62 bits per heavy atom. The smallest absolute Gasteiger partial charge is 0.202 e. The maximum atomic E-state index is 4.13. The summed E-state index contributed by atoms with van der Waals surface area (Å²) in [5, 5.41) is 3.18. The fourth-order valence-corrected chi connectivity index (χ4v) is 1.09. The summed E-state index contributed by atoms with van der Waals surface area (Å²) in [6.07, 6.45) is 7.11. The minimum absolute atomic E-state index is 0.713. The minimum Gasteiger partial charge on any atom is -0.350 e. The van der Waals surface area contributed by atoms with Crippen LogP contribution in [0.2, 0.25) is 0 Å². The second-order valence-electron chi connectivity index (χ2n) is 2.79. The van der Waals surface area contributed by atoms with Crippen LogP contribution in [0.4, 0.5) is 5.95 Å². The van der Waals surface area contributed by atoms with Crippen LogP contribution in [0.5, 0.6) is 0 Å². The first kappa shape index (κ1) is 7.85. The summed E-state index contributed by atoms with van der Waals surface area (Å²) in [7, 11) is 1.95. The highest BCUT2D eigenvalue weighted by atomic mass is 15.2. The van der Waals surface area contributed by atoms with Gasteiger partial charge in [-0.15, -0.1) is 0 Å². The Kier molecular flexibility index (Phi) is 1.99. The lowest BCUT2D eigenvalue weighted by molar-refractivity contribution is 0.894. The van der Waals surface area contributed by atoms with E-state index in [0.717, 1.165) is 11.6 Å². The average molecular weight is 177 g/mol. The number of rotatable bonds is 3. The highest BCUT2D eigenvalue weighted by Gasteiger charge is 1.98. The maximum Gasteiger partial charge on any atom is 0.202 e. The number of H-pyrrole nitrogens is 1. The Balaban J connectivity index is 1.97. The summed E-state index contributed by atoms with van der Waals surface area (Å²) in [4.78, 5) is 11.1. The Morgan fingerprint density at radius 3 is 3.15 bits per heavy atom. The van der Waals surface area contributed by atoms with Gasteiger partial charge in [-0.1, -0.05) is 0 Å². The molecule has 0 aliphatic carbocycles. The van der Waals surface area contributed by atoms with E-state index < -0.39 is 0 Å². The molecule has 0 radical (unpaired) electrons. The molecule has 2 aromatic rings. The molecule has 0 unspecified atom stereocenters. The average Bonchev–Trinajstić information content (AvgIpc) is 2.72. The molecule has 0 aliphatic rings.